The van der Waals surface area contributed by atoms with Crippen LogP contribution in [0.25, 0.3) is 0 Å². The van der Waals surface area contributed by atoms with Crippen LogP contribution in [0.1, 0.15) is 16.8 Å². The number of aryl methyl sites for hydroxylation is 3. The molecule has 26 heavy (non-hydrogen) atoms. The lowest BCUT2D eigenvalue weighted by molar-refractivity contribution is 0.416. The molecule has 1 heterocycles. The third-order valence-electron chi connectivity index (χ3n) is 3.87. The molecule has 0 saturated carbocycles. The van der Waals surface area contributed by atoms with Gasteiger partial charge in [0.15, 0.2) is 0 Å². The van der Waals surface area contributed by atoms with Crippen LogP contribution in [0, 0.1) is 20.8 Å². The van der Waals surface area contributed by atoms with Crippen molar-refractivity contribution >= 4 is 34.7 Å². The zero-order valence-corrected chi connectivity index (χ0v) is 16.0. The summed E-state index contributed by atoms with van der Waals surface area (Å²) < 4.78 is 5.42. The number of aromatic nitrogens is 2. The molecule has 5 nitrogen and oxygen atoms in total. The molecule has 0 saturated heterocycles. The zero-order chi connectivity index (χ0) is 18.7. The summed E-state index contributed by atoms with van der Waals surface area (Å²) in [6.45, 7) is 5.92. The minimum absolute atomic E-state index is 0.530. The molecule has 6 heteroatoms. The first-order valence-electron chi connectivity index (χ1n) is 8.25. The molecule has 0 fully saturated rings. The molecule has 2 N–H and O–H groups in total. The van der Waals surface area contributed by atoms with Gasteiger partial charge in [0.1, 0.15) is 11.6 Å². The number of rotatable bonds is 5. The Kier molecular flexibility index (Phi) is 5.28. The van der Waals surface area contributed by atoms with E-state index in [4.69, 9.17) is 16.3 Å². The molecule has 0 radical (unpaired) electrons. The first-order valence-corrected chi connectivity index (χ1v) is 8.63. The van der Waals surface area contributed by atoms with E-state index in [1.165, 1.54) is 5.56 Å². The highest BCUT2D eigenvalue weighted by Crippen LogP contribution is 2.33. The average molecular weight is 369 g/mol. The predicted octanol–water partition coefficient (Wildman–Crippen LogP) is 5.55. The van der Waals surface area contributed by atoms with E-state index in [1.54, 1.807) is 13.2 Å². The minimum Gasteiger partial charge on any atom is -0.495 e. The summed E-state index contributed by atoms with van der Waals surface area (Å²) in [4.78, 5) is 9.02. The lowest BCUT2D eigenvalue weighted by Crippen LogP contribution is -2.03. The molecule has 0 atom stereocenters. The Hall–Kier alpha value is -2.79. The van der Waals surface area contributed by atoms with E-state index >= 15 is 0 Å². The third-order valence-corrected chi connectivity index (χ3v) is 4.28. The van der Waals surface area contributed by atoms with E-state index in [1.807, 2.05) is 57.2 Å². The second-order valence-corrected chi connectivity index (χ2v) is 6.55. The maximum atomic E-state index is 6.18. The van der Waals surface area contributed by atoms with E-state index in [0.717, 1.165) is 22.6 Å². The highest BCUT2D eigenvalue weighted by atomic mass is 35.5. The van der Waals surface area contributed by atoms with E-state index in [-0.39, 0.29) is 0 Å². The Balaban J connectivity index is 1.90. The van der Waals surface area contributed by atoms with Crippen LogP contribution in [0.3, 0.4) is 0 Å². The van der Waals surface area contributed by atoms with Gasteiger partial charge in [-0.3, -0.25) is 0 Å². The summed E-state index contributed by atoms with van der Waals surface area (Å²) in [6.07, 6.45) is 0. The Morgan fingerprint density at radius 3 is 2.50 bits per heavy atom. The number of halogens is 1. The molecule has 0 bridgehead atoms. The highest BCUT2D eigenvalue weighted by Gasteiger charge is 2.10. The van der Waals surface area contributed by atoms with Crippen LogP contribution in [0.5, 0.6) is 5.75 Å². The highest BCUT2D eigenvalue weighted by molar-refractivity contribution is 6.31. The number of anilines is 4. The Morgan fingerprint density at radius 1 is 0.962 bits per heavy atom. The normalized spacial score (nSPS) is 10.5. The first kappa shape index (κ1) is 18.0. The summed E-state index contributed by atoms with van der Waals surface area (Å²) >= 11 is 6.18. The SMILES string of the molecule is COc1cc(Cl)c(C)cc1Nc1cc(C)nc(Nc2cccc(C)c2)n1. The van der Waals surface area contributed by atoms with Gasteiger partial charge in [0, 0.05) is 28.5 Å². The van der Waals surface area contributed by atoms with Crippen LogP contribution >= 0.6 is 11.6 Å². The summed E-state index contributed by atoms with van der Waals surface area (Å²) in [6, 6.07) is 13.7. The number of nitrogens with one attached hydrogen (secondary N) is 2. The van der Waals surface area contributed by atoms with Crippen LogP contribution in [-0.2, 0) is 0 Å². The van der Waals surface area contributed by atoms with E-state index in [0.29, 0.717) is 22.5 Å². The molecular formula is C20H21ClN4O. The molecule has 0 aliphatic rings. The lowest BCUT2D eigenvalue weighted by atomic mass is 10.2. The van der Waals surface area contributed by atoms with Gasteiger partial charge in [0.2, 0.25) is 5.95 Å². The van der Waals surface area contributed by atoms with Crippen LogP contribution < -0.4 is 15.4 Å². The number of hydrogen-bond donors (Lipinski definition) is 2. The van der Waals surface area contributed by atoms with Gasteiger partial charge in [-0.05, 0) is 50.1 Å². The number of hydrogen-bond acceptors (Lipinski definition) is 5. The Morgan fingerprint density at radius 2 is 1.77 bits per heavy atom. The van der Waals surface area contributed by atoms with Crippen molar-refractivity contribution in [2.75, 3.05) is 17.7 Å². The van der Waals surface area contributed by atoms with Crippen molar-refractivity contribution < 1.29 is 4.74 Å². The molecule has 3 rings (SSSR count). The van der Waals surface area contributed by atoms with Crippen LogP contribution in [0.15, 0.2) is 42.5 Å². The van der Waals surface area contributed by atoms with Crippen molar-refractivity contribution in [2.24, 2.45) is 0 Å². The van der Waals surface area contributed by atoms with Gasteiger partial charge in [-0.15, -0.1) is 0 Å². The van der Waals surface area contributed by atoms with Gasteiger partial charge in [-0.2, -0.15) is 4.98 Å². The van der Waals surface area contributed by atoms with Crippen LogP contribution in [-0.4, -0.2) is 17.1 Å². The number of ether oxygens (including phenoxy) is 1. The van der Waals surface area contributed by atoms with Crippen molar-refractivity contribution in [1.82, 2.24) is 9.97 Å². The summed E-state index contributed by atoms with van der Waals surface area (Å²) in [7, 11) is 1.61. The van der Waals surface area contributed by atoms with E-state index in [2.05, 4.69) is 20.6 Å². The maximum absolute atomic E-state index is 6.18. The second kappa shape index (κ2) is 7.62. The molecule has 0 unspecified atom stereocenters. The van der Waals surface area contributed by atoms with Gasteiger partial charge < -0.3 is 15.4 Å². The lowest BCUT2D eigenvalue weighted by Gasteiger charge is -2.14. The molecule has 2 aromatic carbocycles. The number of methoxy groups -OCH3 is 1. The number of nitrogens with zero attached hydrogens (tertiary/aromatic N) is 2. The third kappa shape index (κ3) is 4.24. The quantitative estimate of drug-likeness (QED) is 0.618. The van der Waals surface area contributed by atoms with E-state index in [9.17, 15) is 0 Å². The minimum atomic E-state index is 0.530. The fourth-order valence-corrected chi connectivity index (χ4v) is 2.76. The number of benzene rings is 2. The Bertz CT molecular complexity index is 943. The first-order chi connectivity index (χ1) is 12.4. The van der Waals surface area contributed by atoms with Gasteiger partial charge in [-0.1, -0.05) is 23.7 Å². The maximum Gasteiger partial charge on any atom is 0.229 e. The van der Waals surface area contributed by atoms with Crippen LogP contribution in [0.2, 0.25) is 5.02 Å². The average Bonchev–Trinajstić information content (AvgIpc) is 2.57. The summed E-state index contributed by atoms with van der Waals surface area (Å²) in [5, 5.41) is 7.20. The van der Waals surface area contributed by atoms with Crippen molar-refractivity contribution in [3.8, 4) is 5.75 Å². The second-order valence-electron chi connectivity index (χ2n) is 6.14. The van der Waals surface area contributed by atoms with Crippen molar-refractivity contribution in [1.29, 1.82) is 0 Å². The topological polar surface area (TPSA) is 59.1 Å². The molecule has 0 amide bonds. The molecule has 1 aromatic heterocycles. The Labute approximate surface area is 158 Å². The smallest absolute Gasteiger partial charge is 0.229 e. The van der Waals surface area contributed by atoms with Gasteiger partial charge in [-0.25, -0.2) is 4.98 Å². The van der Waals surface area contributed by atoms with Gasteiger partial charge in [0.25, 0.3) is 0 Å². The van der Waals surface area contributed by atoms with Crippen molar-refractivity contribution in [3.05, 3.63) is 64.3 Å². The monoisotopic (exact) mass is 368 g/mol. The van der Waals surface area contributed by atoms with Crippen LogP contribution in [0.4, 0.5) is 23.1 Å². The standard InChI is InChI=1S/C20H21ClN4O/c1-12-6-5-7-15(8-12)23-20-22-14(3)10-19(25-20)24-17-9-13(2)16(21)11-18(17)26-4/h5-11H,1-4H3,(H2,22,23,24,25). The molecule has 134 valence electrons. The fourth-order valence-electron chi connectivity index (χ4n) is 2.61. The molecular weight excluding hydrogens is 348 g/mol. The molecule has 0 aliphatic heterocycles. The largest absolute Gasteiger partial charge is 0.495 e. The van der Waals surface area contributed by atoms with Gasteiger partial charge in [0.05, 0.1) is 12.8 Å². The van der Waals surface area contributed by atoms with E-state index < -0.39 is 0 Å². The fraction of sp³-hybridized carbons (Fsp3) is 0.200. The molecule has 3 aromatic rings. The summed E-state index contributed by atoms with van der Waals surface area (Å²) in [5.74, 6) is 1.86. The van der Waals surface area contributed by atoms with Crippen molar-refractivity contribution in [3.63, 3.8) is 0 Å². The molecule has 0 spiro atoms. The van der Waals surface area contributed by atoms with Crippen molar-refractivity contribution in [2.45, 2.75) is 20.8 Å². The van der Waals surface area contributed by atoms with Gasteiger partial charge >= 0.3 is 0 Å². The predicted molar refractivity (Wildman–Crippen MR) is 107 cm³/mol. The molecule has 0 aliphatic carbocycles. The summed E-state index contributed by atoms with van der Waals surface area (Å²) in [5.41, 5.74) is 4.72. The zero-order valence-electron chi connectivity index (χ0n) is 15.2.